The third-order valence-corrected chi connectivity index (χ3v) is 6.16. The van der Waals surface area contributed by atoms with Gasteiger partial charge in [0.15, 0.2) is 0 Å². The Morgan fingerprint density at radius 2 is 1.33 bits per heavy atom. The van der Waals surface area contributed by atoms with Crippen LogP contribution in [0.5, 0.6) is 0 Å². The topological polar surface area (TPSA) is 36.8 Å². The lowest BCUT2D eigenvalue weighted by atomic mass is 9.69. The lowest BCUT2D eigenvalue weighted by Crippen LogP contribution is -2.91. The van der Waals surface area contributed by atoms with Gasteiger partial charge in [-0.15, -0.1) is 0 Å². The van der Waals surface area contributed by atoms with Crippen molar-refractivity contribution >= 4 is 0 Å². The van der Waals surface area contributed by atoms with E-state index in [4.69, 9.17) is 0 Å². The first-order valence-electron chi connectivity index (χ1n) is 9.87. The van der Waals surface area contributed by atoms with E-state index >= 15 is 0 Å². The predicted molar refractivity (Wildman–Crippen MR) is 109 cm³/mol. The third kappa shape index (κ3) is 3.83. The highest BCUT2D eigenvalue weighted by Gasteiger charge is 2.48. The Hall–Kier alpha value is -2.42. The smallest absolute Gasteiger partial charge is 0.117 e. The van der Waals surface area contributed by atoms with Gasteiger partial charge in [-0.1, -0.05) is 97.9 Å². The minimum Gasteiger partial charge on any atom is -0.389 e. The van der Waals surface area contributed by atoms with Crippen LogP contribution in [0.2, 0.25) is 0 Å². The first-order valence-corrected chi connectivity index (χ1v) is 9.87. The van der Waals surface area contributed by atoms with Crippen molar-refractivity contribution < 1.29 is 10.4 Å². The van der Waals surface area contributed by atoms with Crippen LogP contribution >= 0.6 is 0 Å². The van der Waals surface area contributed by atoms with Gasteiger partial charge in [0.25, 0.3) is 0 Å². The number of nitrogens with two attached hydrogens (primary N) is 1. The van der Waals surface area contributed by atoms with E-state index in [1.54, 1.807) is 0 Å². The SMILES string of the molecule is C[C@H]1[C@@H](c2ccccc2)[NH2+][C@H](c2ccccc2)C[C@]1(O)Cc1ccccc1. The Labute approximate surface area is 161 Å². The van der Waals surface area contributed by atoms with Crippen molar-refractivity contribution in [2.24, 2.45) is 5.92 Å². The maximum absolute atomic E-state index is 11.8. The van der Waals surface area contributed by atoms with E-state index in [-0.39, 0.29) is 18.0 Å². The summed E-state index contributed by atoms with van der Waals surface area (Å²) in [6, 6.07) is 32.1. The Morgan fingerprint density at radius 1 is 0.815 bits per heavy atom. The number of aliphatic hydroxyl groups is 1. The fraction of sp³-hybridized carbons (Fsp3) is 0.280. The summed E-state index contributed by atoms with van der Waals surface area (Å²) in [6.45, 7) is 2.21. The molecule has 2 heteroatoms. The maximum atomic E-state index is 11.8. The molecule has 1 saturated heterocycles. The van der Waals surface area contributed by atoms with Gasteiger partial charge in [0, 0.05) is 29.9 Å². The normalized spacial score (nSPS) is 28.0. The Morgan fingerprint density at radius 3 is 1.93 bits per heavy atom. The van der Waals surface area contributed by atoms with Crippen LogP contribution in [0.15, 0.2) is 91.0 Å². The molecule has 27 heavy (non-hydrogen) atoms. The van der Waals surface area contributed by atoms with Gasteiger partial charge < -0.3 is 10.4 Å². The molecule has 0 aromatic heterocycles. The summed E-state index contributed by atoms with van der Waals surface area (Å²) in [4.78, 5) is 0. The molecule has 4 atom stereocenters. The van der Waals surface area contributed by atoms with Crippen LogP contribution in [0.25, 0.3) is 0 Å². The summed E-state index contributed by atoms with van der Waals surface area (Å²) >= 11 is 0. The van der Waals surface area contributed by atoms with Gasteiger partial charge in [-0.3, -0.25) is 0 Å². The Balaban J connectivity index is 1.70. The molecule has 0 spiro atoms. The highest BCUT2D eigenvalue weighted by atomic mass is 16.3. The molecule has 0 radical (unpaired) electrons. The standard InChI is InChI=1S/C25H27NO/c1-19-24(22-15-9-4-10-16-22)26-23(21-13-7-3-8-14-21)18-25(19,27)17-20-11-5-2-6-12-20/h2-16,19,23-24,26-27H,17-18H2,1H3/p+1/t19-,23-,24-,25+/m0/s1. The third-order valence-electron chi connectivity index (χ3n) is 6.16. The molecule has 0 unspecified atom stereocenters. The van der Waals surface area contributed by atoms with Gasteiger partial charge in [-0.2, -0.15) is 0 Å². The fourth-order valence-corrected chi connectivity index (χ4v) is 4.57. The largest absolute Gasteiger partial charge is 0.389 e. The van der Waals surface area contributed by atoms with Gasteiger partial charge >= 0.3 is 0 Å². The molecular formula is C25H28NO+. The molecule has 1 fully saturated rings. The second-order valence-electron chi connectivity index (χ2n) is 7.90. The van der Waals surface area contributed by atoms with Crippen LogP contribution in [0.1, 0.15) is 42.1 Å². The average molecular weight is 359 g/mol. The molecule has 1 heterocycles. The highest BCUT2D eigenvalue weighted by molar-refractivity contribution is 5.25. The van der Waals surface area contributed by atoms with E-state index in [0.29, 0.717) is 6.42 Å². The number of hydrogen-bond donors (Lipinski definition) is 2. The summed E-state index contributed by atoms with van der Waals surface area (Å²) in [5.74, 6) is 0.153. The first-order chi connectivity index (χ1) is 13.2. The van der Waals surface area contributed by atoms with Crippen molar-refractivity contribution in [3.63, 3.8) is 0 Å². The molecule has 1 aliphatic rings. The molecule has 138 valence electrons. The van der Waals surface area contributed by atoms with Gasteiger partial charge in [0.1, 0.15) is 12.1 Å². The van der Waals surface area contributed by atoms with Crippen LogP contribution < -0.4 is 5.32 Å². The fourth-order valence-electron chi connectivity index (χ4n) is 4.57. The summed E-state index contributed by atoms with van der Waals surface area (Å²) in [7, 11) is 0. The molecule has 0 saturated carbocycles. The molecule has 3 aromatic carbocycles. The van der Waals surface area contributed by atoms with Gasteiger partial charge in [-0.05, 0) is 5.56 Å². The zero-order chi connectivity index (χ0) is 18.7. The predicted octanol–water partition coefficient (Wildman–Crippen LogP) is 4.05. The van der Waals surface area contributed by atoms with Crippen molar-refractivity contribution in [2.75, 3.05) is 0 Å². The Kier molecular flexibility index (Phi) is 5.11. The van der Waals surface area contributed by atoms with Gasteiger partial charge in [0.05, 0.1) is 5.60 Å². The van der Waals surface area contributed by atoms with Crippen molar-refractivity contribution in [1.29, 1.82) is 0 Å². The average Bonchev–Trinajstić information content (AvgIpc) is 2.72. The van der Waals surface area contributed by atoms with E-state index in [0.717, 1.165) is 6.42 Å². The molecule has 3 aromatic rings. The van der Waals surface area contributed by atoms with Crippen molar-refractivity contribution in [1.82, 2.24) is 0 Å². The van der Waals surface area contributed by atoms with E-state index in [2.05, 4.69) is 97.2 Å². The summed E-state index contributed by atoms with van der Waals surface area (Å²) in [5.41, 5.74) is 3.04. The molecule has 0 bridgehead atoms. The summed E-state index contributed by atoms with van der Waals surface area (Å²) in [5, 5.41) is 14.3. The summed E-state index contributed by atoms with van der Waals surface area (Å²) < 4.78 is 0. The molecular weight excluding hydrogens is 330 g/mol. The minimum absolute atomic E-state index is 0.153. The van der Waals surface area contributed by atoms with Crippen molar-refractivity contribution in [3.05, 3.63) is 108 Å². The van der Waals surface area contributed by atoms with Crippen LogP contribution in [0.3, 0.4) is 0 Å². The number of rotatable bonds is 4. The zero-order valence-electron chi connectivity index (χ0n) is 15.8. The number of piperidine rings is 1. The van der Waals surface area contributed by atoms with Gasteiger partial charge in [0.2, 0.25) is 0 Å². The molecule has 3 N–H and O–H groups in total. The van der Waals surface area contributed by atoms with Gasteiger partial charge in [-0.25, -0.2) is 0 Å². The van der Waals surface area contributed by atoms with Crippen LogP contribution in [-0.4, -0.2) is 10.7 Å². The quantitative estimate of drug-likeness (QED) is 0.725. The van der Waals surface area contributed by atoms with Crippen LogP contribution in [0, 0.1) is 5.92 Å². The van der Waals surface area contributed by atoms with Crippen LogP contribution in [-0.2, 0) is 6.42 Å². The van der Waals surface area contributed by atoms with Crippen molar-refractivity contribution in [3.8, 4) is 0 Å². The molecule has 0 amide bonds. The number of quaternary nitrogens is 1. The second kappa shape index (κ2) is 7.67. The Bertz CT molecular complexity index is 849. The first kappa shape index (κ1) is 18.0. The lowest BCUT2D eigenvalue weighted by molar-refractivity contribution is -0.756. The highest BCUT2D eigenvalue weighted by Crippen LogP contribution is 2.40. The van der Waals surface area contributed by atoms with Crippen LogP contribution in [0.4, 0.5) is 0 Å². The molecule has 2 nitrogen and oxygen atoms in total. The lowest BCUT2D eigenvalue weighted by Gasteiger charge is -2.45. The molecule has 4 rings (SSSR count). The van der Waals surface area contributed by atoms with E-state index in [9.17, 15) is 5.11 Å². The zero-order valence-corrected chi connectivity index (χ0v) is 15.8. The molecule has 1 aliphatic heterocycles. The minimum atomic E-state index is -0.739. The number of benzene rings is 3. The second-order valence-corrected chi connectivity index (χ2v) is 7.90. The number of hydrogen-bond acceptors (Lipinski definition) is 1. The van der Waals surface area contributed by atoms with E-state index in [1.807, 2.05) is 6.07 Å². The van der Waals surface area contributed by atoms with Crippen molar-refractivity contribution in [2.45, 2.75) is 37.5 Å². The monoisotopic (exact) mass is 358 g/mol. The van der Waals surface area contributed by atoms with E-state index < -0.39 is 5.60 Å². The van der Waals surface area contributed by atoms with E-state index in [1.165, 1.54) is 16.7 Å². The molecule has 0 aliphatic carbocycles. The summed E-state index contributed by atoms with van der Waals surface area (Å²) in [6.07, 6.45) is 1.45. The maximum Gasteiger partial charge on any atom is 0.117 e.